The molecule has 0 amide bonds. The average Bonchev–Trinajstić information content (AvgIpc) is 3.13. The quantitative estimate of drug-likeness (QED) is 0.665. The summed E-state index contributed by atoms with van der Waals surface area (Å²) in [6.45, 7) is 4.14. The number of ether oxygens (including phenoxy) is 1. The molecule has 26 heavy (non-hydrogen) atoms. The standard InChI is InChI=1S/C17H21BrN4O3S/c1-13-20-16(22-9-2-3-10-22)12-17(21-13)25-11-8-19-26(23,24)15-6-4-14(18)5-7-15/h4-7,12,19H,2-3,8-11H2,1H3. The molecule has 3 rings (SSSR count). The largest absolute Gasteiger partial charge is 0.476 e. The molecule has 2 aromatic rings. The lowest BCUT2D eigenvalue weighted by atomic mass is 10.4. The van der Waals surface area contributed by atoms with Crippen molar-refractivity contribution in [2.75, 3.05) is 31.1 Å². The molecule has 1 saturated heterocycles. The minimum atomic E-state index is -3.55. The van der Waals surface area contributed by atoms with E-state index < -0.39 is 10.0 Å². The second kappa shape index (κ2) is 8.32. The lowest BCUT2D eigenvalue weighted by Crippen LogP contribution is -2.28. The van der Waals surface area contributed by atoms with Crippen molar-refractivity contribution in [3.63, 3.8) is 0 Å². The lowest BCUT2D eigenvalue weighted by Gasteiger charge is -2.17. The molecule has 0 atom stereocenters. The number of aromatic nitrogens is 2. The predicted octanol–water partition coefficient (Wildman–Crippen LogP) is 2.51. The van der Waals surface area contributed by atoms with Crippen LogP contribution in [0.1, 0.15) is 18.7 Å². The highest BCUT2D eigenvalue weighted by atomic mass is 79.9. The highest BCUT2D eigenvalue weighted by molar-refractivity contribution is 9.10. The minimum absolute atomic E-state index is 0.153. The first-order valence-corrected chi connectivity index (χ1v) is 10.7. The van der Waals surface area contributed by atoms with E-state index >= 15 is 0 Å². The number of benzene rings is 1. The monoisotopic (exact) mass is 440 g/mol. The second-order valence-electron chi connectivity index (χ2n) is 6.01. The van der Waals surface area contributed by atoms with Crippen LogP contribution in [0.4, 0.5) is 5.82 Å². The highest BCUT2D eigenvalue weighted by Crippen LogP contribution is 2.21. The van der Waals surface area contributed by atoms with E-state index in [9.17, 15) is 8.42 Å². The number of sulfonamides is 1. The number of nitrogens with one attached hydrogen (secondary N) is 1. The van der Waals surface area contributed by atoms with E-state index in [-0.39, 0.29) is 18.0 Å². The molecular formula is C17H21BrN4O3S. The molecule has 0 radical (unpaired) electrons. The Morgan fingerprint density at radius 3 is 2.58 bits per heavy atom. The summed E-state index contributed by atoms with van der Waals surface area (Å²) < 4.78 is 33.4. The van der Waals surface area contributed by atoms with Gasteiger partial charge in [-0.1, -0.05) is 15.9 Å². The van der Waals surface area contributed by atoms with Gasteiger partial charge in [-0.2, -0.15) is 4.98 Å². The predicted molar refractivity (Wildman–Crippen MR) is 103 cm³/mol. The third-order valence-electron chi connectivity index (χ3n) is 4.00. The zero-order valence-corrected chi connectivity index (χ0v) is 16.9. The number of halogens is 1. The fourth-order valence-electron chi connectivity index (χ4n) is 2.74. The van der Waals surface area contributed by atoms with E-state index in [0.29, 0.717) is 11.7 Å². The molecule has 1 N–H and O–H groups in total. The van der Waals surface area contributed by atoms with Gasteiger partial charge in [0.05, 0.1) is 4.90 Å². The normalized spacial score (nSPS) is 14.6. The molecule has 7 nitrogen and oxygen atoms in total. The molecule has 1 aromatic heterocycles. The van der Waals surface area contributed by atoms with Crippen LogP contribution in [-0.4, -0.2) is 44.6 Å². The maximum atomic E-state index is 12.2. The molecular weight excluding hydrogens is 420 g/mol. The molecule has 0 aliphatic carbocycles. The Hall–Kier alpha value is -1.71. The maximum absolute atomic E-state index is 12.2. The summed E-state index contributed by atoms with van der Waals surface area (Å²) in [4.78, 5) is 11.1. The van der Waals surface area contributed by atoms with Gasteiger partial charge >= 0.3 is 0 Å². The van der Waals surface area contributed by atoms with E-state index in [1.807, 2.05) is 13.0 Å². The zero-order chi connectivity index (χ0) is 18.6. The van der Waals surface area contributed by atoms with Gasteiger partial charge in [0, 0.05) is 30.2 Å². The summed E-state index contributed by atoms with van der Waals surface area (Å²) in [7, 11) is -3.55. The fraction of sp³-hybridized carbons (Fsp3) is 0.412. The van der Waals surface area contributed by atoms with Crippen LogP contribution in [0.2, 0.25) is 0 Å². The molecule has 0 saturated carbocycles. The molecule has 1 aliphatic rings. The van der Waals surface area contributed by atoms with Crippen molar-refractivity contribution in [3.05, 3.63) is 40.6 Å². The topological polar surface area (TPSA) is 84.4 Å². The summed E-state index contributed by atoms with van der Waals surface area (Å²) in [5.74, 6) is 1.96. The smallest absolute Gasteiger partial charge is 0.240 e. The Labute approximate surface area is 162 Å². The molecule has 1 aliphatic heterocycles. The van der Waals surface area contributed by atoms with E-state index in [0.717, 1.165) is 36.2 Å². The van der Waals surface area contributed by atoms with Crippen molar-refractivity contribution < 1.29 is 13.2 Å². The molecule has 9 heteroatoms. The zero-order valence-electron chi connectivity index (χ0n) is 14.5. The number of nitrogens with zero attached hydrogens (tertiary/aromatic N) is 3. The van der Waals surface area contributed by atoms with Crippen LogP contribution in [0.3, 0.4) is 0 Å². The summed E-state index contributed by atoms with van der Waals surface area (Å²) in [5, 5.41) is 0. The van der Waals surface area contributed by atoms with Gasteiger partial charge in [-0.05, 0) is 44.0 Å². The number of hydrogen-bond donors (Lipinski definition) is 1. The Balaban J connectivity index is 1.55. The molecule has 0 unspecified atom stereocenters. The number of hydrogen-bond acceptors (Lipinski definition) is 6. The van der Waals surface area contributed by atoms with Crippen LogP contribution in [0.5, 0.6) is 5.88 Å². The number of aryl methyl sites for hydroxylation is 1. The molecule has 1 fully saturated rings. The lowest BCUT2D eigenvalue weighted by molar-refractivity contribution is 0.309. The van der Waals surface area contributed by atoms with E-state index in [1.54, 1.807) is 24.3 Å². The first-order chi connectivity index (χ1) is 12.4. The Morgan fingerprint density at radius 2 is 1.88 bits per heavy atom. The third kappa shape index (κ3) is 4.93. The summed E-state index contributed by atoms with van der Waals surface area (Å²) in [6, 6.07) is 8.28. The van der Waals surface area contributed by atoms with Gasteiger partial charge in [-0.25, -0.2) is 18.1 Å². The van der Waals surface area contributed by atoms with Gasteiger partial charge in [0.2, 0.25) is 15.9 Å². The van der Waals surface area contributed by atoms with Gasteiger partial charge in [0.25, 0.3) is 0 Å². The third-order valence-corrected chi connectivity index (χ3v) is 6.00. The van der Waals surface area contributed by atoms with Crippen molar-refractivity contribution in [2.45, 2.75) is 24.7 Å². The molecule has 140 valence electrons. The minimum Gasteiger partial charge on any atom is -0.476 e. The highest BCUT2D eigenvalue weighted by Gasteiger charge is 2.16. The molecule has 0 bridgehead atoms. The van der Waals surface area contributed by atoms with Crippen molar-refractivity contribution in [2.24, 2.45) is 0 Å². The van der Waals surface area contributed by atoms with E-state index in [4.69, 9.17) is 4.74 Å². The first kappa shape index (κ1) is 19.1. The Bertz CT molecular complexity index is 853. The Morgan fingerprint density at radius 1 is 1.19 bits per heavy atom. The van der Waals surface area contributed by atoms with Crippen LogP contribution >= 0.6 is 15.9 Å². The van der Waals surface area contributed by atoms with Crippen molar-refractivity contribution >= 4 is 31.8 Å². The molecule has 0 spiro atoms. The van der Waals surface area contributed by atoms with Crippen LogP contribution < -0.4 is 14.4 Å². The number of rotatable bonds is 7. The van der Waals surface area contributed by atoms with Gasteiger partial charge in [-0.15, -0.1) is 0 Å². The van der Waals surface area contributed by atoms with Crippen LogP contribution in [-0.2, 0) is 10.0 Å². The average molecular weight is 441 g/mol. The van der Waals surface area contributed by atoms with Crippen molar-refractivity contribution in [1.29, 1.82) is 0 Å². The van der Waals surface area contributed by atoms with Gasteiger partial charge in [-0.3, -0.25) is 0 Å². The van der Waals surface area contributed by atoms with E-state index in [1.165, 1.54) is 0 Å². The first-order valence-electron chi connectivity index (χ1n) is 8.43. The van der Waals surface area contributed by atoms with Crippen LogP contribution in [0.15, 0.2) is 39.7 Å². The molecule has 1 aromatic carbocycles. The van der Waals surface area contributed by atoms with Crippen molar-refractivity contribution in [1.82, 2.24) is 14.7 Å². The van der Waals surface area contributed by atoms with Crippen molar-refractivity contribution in [3.8, 4) is 5.88 Å². The summed E-state index contributed by atoms with van der Waals surface area (Å²) in [5.41, 5.74) is 0. The SMILES string of the molecule is Cc1nc(OCCNS(=O)(=O)c2ccc(Br)cc2)cc(N2CCCC2)n1. The van der Waals surface area contributed by atoms with Gasteiger partial charge < -0.3 is 9.64 Å². The maximum Gasteiger partial charge on any atom is 0.240 e. The fourth-order valence-corrected chi connectivity index (χ4v) is 4.01. The second-order valence-corrected chi connectivity index (χ2v) is 8.69. The van der Waals surface area contributed by atoms with Gasteiger partial charge in [0.15, 0.2) is 0 Å². The Kier molecular flexibility index (Phi) is 6.10. The number of anilines is 1. The van der Waals surface area contributed by atoms with Gasteiger partial charge in [0.1, 0.15) is 18.2 Å². The van der Waals surface area contributed by atoms with E-state index in [2.05, 4.69) is 35.5 Å². The van der Waals surface area contributed by atoms with Crippen LogP contribution in [0, 0.1) is 6.92 Å². The summed E-state index contributed by atoms with van der Waals surface area (Å²) >= 11 is 3.29. The molecule has 2 heterocycles. The van der Waals surface area contributed by atoms with Crippen LogP contribution in [0.25, 0.3) is 0 Å². The summed E-state index contributed by atoms with van der Waals surface area (Å²) in [6.07, 6.45) is 2.33.